The summed E-state index contributed by atoms with van der Waals surface area (Å²) in [5.41, 5.74) is 6.38. The zero-order chi connectivity index (χ0) is 7.61. The third-order valence-corrected chi connectivity index (χ3v) is 2.93. The first-order valence-corrected chi connectivity index (χ1v) is 4.44. The molecule has 0 amide bonds. The van der Waals surface area contributed by atoms with E-state index in [1.54, 1.807) is 0 Å². The molecule has 0 aromatic carbocycles. The molecule has 1 fully saturated rings. The standard InChI is InChI=1S/C9H19N.Na.H/c1-8(2)9(10)6-4-3-5-7-9;;/h8H,3-7,10H2,1-2H3;;/q;+1;-1. The van der Waals surface area contributed by atoms with Crippen molar-refractivity contribution in [2.45, 2.75) is 51.5 Å². The van der Waals surface area contributed by atoms with Crippen molar-refractivity contribution in [3.8, 4) is 0 Å². The van der Waals surface area contributed by atoms with Gasteiger partial charge in [-0.2, -0.15) is 0 Å². The molecule has 1 nitrogen and oxygen atoms in total. The molecule has 62 valence electrons. The second-order valence-electron chi connectivity index (χ2n) is 3.95. The first kappa shape index (κ1) is 12.0. The minimum atomic E-state index is 0. The minimum Gasteiger partial charge on any atom is -1.00 e. The Morgan fingerprint density at radius 1 is 1.18 bits per heavy atom. The summed E-state index contributed by atoms with van der Waals surface area (Å²) >= 11 is 0. The van der Waals surface area contributed by atoms with Gasteiger partial charge in [-0.3, -0.25) is 0 Å². The van der Waals surface area contributed by atoms with E-state index in [1.807, 2.05) is 0 Å². The third kappa shape index (κ3) is 3.06. The molecule has 0 heterocycles. The largest absolute Gasteiger partial charge is 1.00 e. The molecule has 0 atom stereocenters. The average molecular weight is 165 g/mol. The zero-order valence-electron chi connectivity index (χ0n) is 9.19. The molecule has 0 aliphatic heterocycles. The molecule has 0 aromatic heterocycles. The molecule has 0 radical (unpaired) electrons. The third-order valence-electron chi connectivity index (χ3n) is 2.93. The van der Waals surface area contributed by atoms with Crippen molar-refractivity contribution in [1.82, 2.24) is 0 Å². The van der Waals surface area contributed by atoms with Gasteiger partial charge in [0.1, 0.15) is 0 Å². The Morgan fingerprint density at radius 2 is 1.64 bits per heavy atom. The van der Waals surface area contributed by atoms with E-state index in [2.05, 4.69) is 13.8 Å². The van der Waals surface area contributed by atoms with Crippen molar-refractivity contribution in [3.63, 3.8) is 0 Å². The van der Waals surface area contributed by atoms with Crippen molar-refractivity contribution < 1.29 is 31.0 Å². The second kappa shape index (κ2) is 4.86. The summed E-state index contributed by atoms with van der Waals surface area (Å²) in [4.78, 5) is 0. The van der Waals surface area contributed by atoms with E-state index in [0.717, 1.165) is 0 Å². The summed E-state index contributed by atoms with van der Waals surface area (Å²) in [7, 11) is 0. The molecule has 0 aromatic rings. The van der Waals surface area contributed by atoms with Gasteiger partial charge in [-0.05, 0) is 18.8 Å². The van der Waals surface area contributed by atoms with Crippen LogP contribution in [0.3, 0.4) is 0 Å². The molecule has 2 heteroatoms. The molecule has 2 N–H and O–H groups in total. The zero-order valence-corrected chi connectivity index (χ0v) is 10.2. The van der Waals surface area contributed by atoms with E-state index in [-0.39, 0.29) is 36.5 Å². The van der Waals surface area contributed by atoms with E-state index in [0.29, 0.717) is 5.92 Å². The number of nitrogens with two attached hydrogens (primary N) is 1. The van der Waals surface area contributed by atoms with Crippen LogP contribution in [-0.2, 0) is 0 Å². The summed E-state index contributed by atoms with van der Waals surface area (Å²) in [6, 6.07) is 0. The van der Waals surface area contributed by atoms with Gasteiger partial charge in [-0.15, -0.1) is 0 Å². The van der Waals surface area contributed by atoms with Gasteiger partial charge in [0.25, 0.3) is 0 Å². The van der Waals surface area contributed by atoms with E-state index in [1.165, 1.54) is 32.1 Å². The van der Waals surface area contributed by atoms with Crippen LogP contribution in [0.2, 0.25) is 0 Å². The summed E-state index contributed by atoms with van der Waals surface area (Å²) in [5.74, 6) is 0.660. The van der Waals surface area contributed by atoms with Crippen LogP contribution in [0.5, 0.6) is 0 Å². The topological polar surface area (TPSA) is 26.0 Å². The summed E-state index contributed by atoms with van der Waals surface area (Å²) in [6.45, 7) is 4.48. The smallest absolute Gasteiger partial charge is 1.00 e. The van der Waals surface area contributed by atoms with Gasteiger partial charge < -0.3 is 7.16 Å². The summed E-state index contributed by atoms with van der Waals surface area (Å²) in [5, 5.41) is 0. The van der Waals surface area contributed by atoms with Crippen LogP contribution < -0.4 is 35.3 Å². The van der Waals surface area contributed by atoms with Crippen molar-refractivity contribution in [2.75, 3.05) is 0 Å². The van der Waals surface area contributed by atoms with Gasteiger partial charge in [0.2, 0.25) is 0 Å². The van der Waals surface area contributed by atoms with Crippen molar-refractivity contribution >= 4 is 0 Å². The van der Waals surface area contributed by atoms with E-state index in [4.69, 9.17) is 5.73 Å². The molecule has 1 rings (SSSR count). The average Bonchev–Trinajstić information content (AvgIpc) is 1.89. The van der Waals surface area contributed by atoms with Gasteiger partial charge >= 0.3 is 29.6 Å². The van der Waals surface area contributed by atoms with Crippen molar-refractivity contribution in [3.05, 3.63) is 0 Å². The molecule has 0 saturated heterocycles. The molecule has 1 aliphatic rings. The second-order valence-corrected chi connectivity index (χ2v) is 3.95. The fourth-order valence-electron chi connectivity index (χ4n) is 1.79. The Hall–Kier alpha value is 0.960. The van der Waals surface area contributed by atoms with E-state index >= 15 is 0 Å². The van der Waals surface area contributed by atoms with Crippen LogP contribution in [0.4, 0.5) is 0 Å². The van der Waals surface area contributed by atoms with Gasteiger partial charge in [0.05, 0.1) is 0 Å². The Morgan fingerprint density at radius 3 is 1.91 bits per heavy atom. The minimum absolute atomic E-state index is 0. The predicted octanol–water partition coefficient (Wildman–Crippen LogP) is -0.579. The number of hydrogen-bond donors (Lipinski definition) is 1. The monoisotopic (exact) mass is 165 g/mol. The van der Waals surface area contributed by atoms with Gasteiger partial charge in [-0.25, -0.2) is 0 Å². The Bertz CT molecular complexity index is 111. The maximum Gasteiger partial charge on any atom is 1.00 e. The van der Waals surface area contributed by atoms with Crippen LogP contribution in [-0.4, -0.2) is 5.54 Å². The molecule has 1 aliphatic carbocycles. The fraction of sp³-hybridized carbons (Fsp3) is 1.00. The molecule has 0 bridgehead atoms. The van der Waals surface area contributed by atoms with E-state index < -0.39 is 0 Å². The van der Waals surface area contributed by atoms with Crippen LogP contribution in [0.25, 0.3) is 0 Å². The van der Waals surface area contributed by atoms with Crippen molar-refractivity contribution in [2.24, 2.45) is 11.7 Å². The molecule has 0 spiro atoms. The first-order valence-electron chi connectivity index (χ1n) is 4.44. The van der Waals surface area contributed by atoms with Gasteiger partial charge in [-0.1, -0.05) is 33.1 Å². The molecular formula is C9H20NNa. The Labute approximate surface area is 93.9 Å². The summed E-state index contributed by atoms with van der Waals surface area (Å²) in [6.07, 6.45) is 6.56. The van der Waals surface area contributed by atoms with Crippen LogP contribution in [0.1, 0.15) is 47.4 Å². The van der Waals surface area contributed by atoms with Crippen molar-refractivity contribution in [1.29, 1.82) is 0 Å². The molecular weight excluding hydrogens is 145 g/mol. The molecule has 1 saturated carbocycles. The number of rotatable bonds is 1. The molecule has 11 heavy (non-hydrogen) atoms. The molecule has 0 unspecified atom stereocenters. The summed E-state index contributed by atoms with van der Waals surface area (Å²) < 4.78 is 0. The first-order chi connectivity index (χ1) is 4.65. The van der Waals surface area contributed by atoms with Gasteiger partial charge in [0.15, 0.2) is 0 Å². The number of hydrogen-bond acceptors (Lipinski definition) is 1. The van der Waals surface area contributed by atoms with Crippen LogP contribution in [0, 0.1) is 5.92 Å². The Kier molecular flexibility index (Phi) is 5.28. The SMILES string of the molecule is CC(C)C1(N)CCCCC1.[H-].[Na+]. The predicted molar refractivity (Wildman–Crippen MR) is 46.0 cm³/mol. The Balaban J connectivity index is 0. The van der Waals surface area contributed by atoms with Crippen LogP contribution >= 0.6 is 0 Å². The van der Waals surface area contributed by atoms with E-state index in [9.17, 15) is 0 Å². The maximum absolute atomic E-state index is 6.20. The quantitative estimate of drug-likeness (QED) is 0.517. The normalized spacial score (nSPS) is 22.9. The van der Waals surface area contributed by atoms with Gasteiger partial charge in [0, 0.05) is 5.54 Å². The maximum atomic E-state index is 6.20. The van der Waals surface area contributed by atoms with Crippen LogP contribution in [0.15, 0.2) is 0 Å². The fourth-order valence-corrected chi connectivity index (χ4v) is 1.79.